The van der Waals surface area contributed by atoms with Crippen molar-refractivity contribution in [3.05, 3.63) is 46.1 Å². The SMILES string of the molecule is N#Cc1c(NC(=O)CCC2CCCCC2)sc2c1CCN(C(=O)NCc1ccncc1)C2. The Morgan fingerprint density at radius 3 is 2.75 bits per heavy atom. The Labute approximate surface area is 192 Å². The van der Waals surface area contributed by atoms with Crippen molar-refractivity contribution in [3.8, 4) is 6.07 Å². The van der Waals surface area contributed by atoms with Crippen LogP contribution in [-0.4, -0.2) is 28.4 Å². The topological polar surface area (TPSA) is 98.1 Å². The lowest BCUT2D eigenvalue weighted by atomic mass is 9.86. The lowest BCUT2D eigenvalue weighted by Crippen LogP contribution is -2.42. The molecule has 1 fully saturated rings. The van der Waals surface area contributed by atoms with Crippen LogP contribution in [0.2, 0.25) is 0 Å². The first-order valence-corrected chi connectivity index (χ1v) is 12.2. The summed E-state index contributed by atoms with van der Waals surface area (Å²) >= 11 is 1.43. The second-order valence-electron chi connectivity index (χ2n) is 8.60. The minimum absolute atomic E-state index is 0.0161. The molecular weight excluding hydrogens is 422 g/mol. The third-order valence-electron chi connectivity index (χ3n) is 6.41. The standard InChI is InChI=1S/C24H29N5O2S/c25-14-20-19-10-13-29(24(31)27-15-18-8-11-26-12-9-18)16-21(19)32-23(20)28-22(30)7-6-17-4-2-1-3-5-17/h8-9,11-12,17H,1-7,10,13,15-16H2,(H,27,31)(H,28,30). The number of rotatable bonds is 6. The first-order chi connectivity index (χ1) is 15.6. The summed E-state index contributed by atoms with van der Waals surface area (Å²) < 4.78 is 0. The minimum Gasteiger partial charge on any atom is -0.334 e. The largest absolute Gasteiger partial charge is 0.334 e. The van der Waals surface area contributed by atoms with Crippen molar-refractivity contribution in [2.45, 2.75) is 64.5 Å². The highest BCUT2D eigenvalue weighted by Crippen LogP contribution is 2.37. The molecule has 0 radical (unpaired) electrons. The van der Waals surface area contributed by atoms with Crippen LogP contribution >= 0.6 is 11.3 Å². The molecule has 0 unspecified atom stereocenters. The van der Waals surface area contributed by atoms with Crippen LogP contribution in [0.4, 0.5) is 9.80 Å². The van der Waals surface area contributed by atoms with Crippen LogP contribution in [-0.2, 0) is 24.3 Å². The molecule has 7 nitrogen and oxygen atoms in total. The highest BCUT2D eigenvalue weighted by molar-refractivity contribution is 7.16. The fourth-order valence-corrected chi connectivity index (χ4v) is 5.80. The van der Waals surface area contributed by atoms with Gasteiger partial charge < -0.3 is 15.5 Å². The maximum atomic E-state index is 12.6. The van der Waals surface area contributed by atoms with Crippen molar-refractivity contribution in [1.29, 1.82) is 5.26 Å². The van der Waals surface area contributed by atoms with E-state index in [1.54, 1.807) is 17.3 Å². The summed E-state index contributed by atoms with van der Waals surface area (Å²) in [5.41, 5.74) is 2.53. The minimum atomic E-state index is -0.127. The molecule has 168 valence electrons. The number of thiophene rings is 1. The molecule has 0 bridgehead atoms. The van der Waals surface area contributed by atoms with Crippen LogP contribution in [0.15, 0.2) is 24.5 Å². The maximum absolute atomic E-state index is 12.6. The zero-order valence-corrected chi connectivity index (χ0v) is 19.0. The van der Waals surface area contributed by atoms with Gasteiger partial charge >= 0.3 is 6.03 Å². The molecule has 8 heteroatoms. The molecule has 2 aromatic rings. The van der Waals surface area contributed by atoms with Crippen LogP contribution in [0.1, 0.15) is 66.5 Å². The highest BCUT2D eigenvalue weighted by Gasteiger charge is 2.27. The number of carbonyl (C=O) groups excluding carboxylic acids is 2. The molecule has 1 aliphatic carbocycles. The summed E-state index contributed by atoms with van der Waals surface area (Å²) in [4.78, 5) is 31.9. The number of nitrogens with one attached hydrogen (secondary N) is 2. The Hall–Kier alpha value is -2.92. The third kappa shape index (κ3) is 5.46. The average molecular weight is 452 g/mol. The van der Waals surface area contributed by atoms with Gasteiger partial charge in [0.25, 0.3) is 0 Å². The summed E-state index contributed by atoms with van der Waals surface area (Å²) in [7, 11) is 0. The fraction of sp³-hybridized carbons (Fsp3) is 0.500. The van der Waals surface area contributed by atoms with Crippen molar-refractivity contribution in [2.24, 2.45) is 5.92 Å². The summed E-state index contributed by atoms with van der Waals surface area (Å²) in [5.74, 6) is 0.637. The van der Waals surface area contributed by atoms with Crippen molar-refractivity contribution >= 4 is 28.3 Å². The number of anilines is 1. The number of hydrogen-bond donors (Lipinski definition) is 2. The number of carbonyl (C=O) groups is 2. The van der Waals surface area contributed by atoms with E-state index < -0.39 is 0 Å². The van der Waals surface area contributed by atoms with Gasteiger partial charge in [-0.25, -0.2) is 4.79 Å². The van der Waals surface area contributed by atoms with Gasteiger partial charge in [-0.3, -0.25) is 9.78 Å². The molecule has 0 aromatic carbocycles. The van der Waals surface area contributed by atoms with Gasteiger partial charge in [0, 0.05) is 36.8 Å². The predicted octanol–water partition coefficient (Wildman–Crippen LogP) is 4.58. The number of urea groups is 1. The van der Waals surface area contributed by atoms with Gasteiger partial charge in [0.1, 0.15) is 11.1 Å². The zero-order chi connectivity index (χ0) is 22.3. The third-order valence-corrected chi connectivity index (χ3v) is 7.54. The average Bonchev–Trinajstić information content (AvgIpc) is 3.18. The lowest BCUT2D eigenvalue weighted by molar-refractivity contribution is -0.116. The second-order valence-corrected chi connectivity index (χ2v) is 9.70. The van der Waals surface area contributed by atoms with Gasteiger partial charge in [-0.1, -0.05) is 32.1 Å². The molecule has 32 heavy (non-hydrogen) atoms. The van der Waals surface area contributed by atoms with Crippen molar-refractivity contribution in [1.82, 2.24) is 15.2 Å². The lowest BCUT2D eigenvalue weighted by Gasteiger charge is -2.27. The molecule has 3 heterocycles. The molecule has 2 aliphatic rings. The smallest absolute Gasteiger partial charge is 0.318 e. The second kappa shape index (κ2) is 10.6. The van der Waals surface area contributed by atoms with Crippen LogP contribution in [0, 0.1) is 17.2 Å². The van der Waals surface area contributed by atoms with Crippen LogP contribution in [0.25, 0.3) is 0 Å². The number of hydrogen-bond acceptors (Lipinski definition) is 5. The van der Waals surface area contributed by atoms with Crippen molar-refractivity contribution in [3.63, 3.8) is 0 Å². The molecule has 0 atom stereocenters. The van der Waals surface area contributed by atoms with Crippen molar-refractivity contribution < 1.29 is 9.59 Å². The maximum Gasteiger partial charge on any atom is 0.318 e. The predicted molar refractivity (Wildman–Crippen MR) is 124 cm³/mol. The van der Waals surface area contributed by atoms with Gasteiger partial charge in [-0.05, 0) is 42.0 Å². The van der Waals surface area contributed by atoms with Crippen LogP contribution in [0.3, 0.4) is 0 Å². The van der Waals surface area contributed by atoms with Gasteiger partial charge in [0.15, 0.2) is 0 Å². The molecule has 0 saturated heterocycles. The Balaban J connectivity index is 1.34. The van der Waals surface area contributed by atoms with E-state index in [0.717, 1.165) is 22.4 Å². The van der Waals surface area contributed by atoms with Gasteiger partial charge in [0.05, 0.1) is 12.1 Å². The Kier molecular flexibility index (Phi) is 7.38. The Morgan fingerprint density at radius 2 is 2.00 bits per heavy atom. The number of fused-ring (bicyclic) bond motifs is 1. The van der Waals surface area contributed by atoms with E-state index in [2.05, 4.69) is 21.7 Å². The van der Waals surface area contributed by atoms with Crippen LogP contribution in [0.5, 0.6) is 0 Å². The van der Waals surface area contributed by atoms with Crippen LogP contribution < -0.4 is 10.6 Å². The molecule has 0 spiro atoms. The zero-order valence-electron chi connectivity index (χ0n) is 18.2. The molecule has 1 aliphatic heterocycles. The van der Waals surface area contributed by atoms with E-state index in [1.807, 2.05) is 12.1 Å². The van der Waals surface area contributed by atoms with Crippen molar-refractivity contribution in [2.75, 3.05) is 11.9 Å². The first-order valence-electron chi connectivity index (χ1n) is 11.4. The molecule has 2 N–H and O–H groups in total. The molecule has 1 saturated carbocycles. The van der Waals surface area contributed by atoms with Gasteiger partial charge in [-0.15, -0.1) is 11.3 Å². The molecule has 2 aromatic heterocycles. The van der Waals surface area contributed by atoms with E-state index in [0.29, 0.717) is 49.0 Å². The van der Waals surface area contributed by atoms with E-state index in [4.69, 9.17) is 0 Å². The number of nitrogens with zero attached hydrogens (tertiary/aromatic N) is 3. The van der Waals surface area contributed by atoms with Gasteiger partial charge in [0.2, 0.25) is 5.91 Å². The Bertz CT molecular complexity index is 992. The quantitative estimate of drug-likeness (QED) is 0.671. The summed E-state index contributed by atoms with van der Waals surface area (Å²) in [6.07, 6.45) is 11.8. The molecule has 4 rings (SSSR count). The number of aromatic nitrogens is 1. The monoisotopic (exact) mass is 451 g/mol. The molecule has 3 amide bonds. The number of pyridine rings is 1. The van der Waals surface area contributed by atoms with E-state index in [9.17, 15) is 14.9 Å². The van der Waals surface area contributed by atoms with E-state index in [1.165, 1.54) is 43.4 Å². The highest BCUT2D eigenvalue weighted by atomic mass is 32.1. The van der Waals surface area contributed by atoms with Gasteiger partial charge in [-0.2, -0.15) is 5.26 Å². The first kappa shape index (κ1) is 22.3. The Morgan fingerprint density at radius 1 is 1.22 bits per heavy atom. The summed E-state index contributed by atoms with van der Waals surface area (Å²) in [6.45, 7) is 1.45. The molecular formula is C24H29N5O2S. The normalized spacial score (nSPS) is 16.2. The summed E-state index contributed by atoms with van der Waals surface area (Å²) in [6, 6.07) is 5.89. The van der Waals surface area contributed by atoms with E-state index >= 15 is 0 Å². The number of nitriles is 1. The fourth-order valence-electron chi connectivity index (χ4n) is 4.57. The van der Waals surface area contributed by atoms with E-state index in [-0.39, 0.29) is 11.9 Å². The summed E-state index contributed by atoms with van der Waals surface area (Å²) in [5, 5.41) is 16.3. The number of amides is 3.